The molecule has 0 aromatic carbocycles. The van der Waals surface area contributed by atoms with Crippen molar-refractivity contribution >= 4 is 17.7 Å². The molecular weight excluding hydrogens is 232 g/mol. The molecule has 1 unspecified atom stereocenters. The van der Waals surface area contributed by atoms with Gasteiger partial charge in [-0.15, -0.1) is 0 Å². The number of hydrogen-bond acceptors (Lipinski definition) is 5. The first-order valence-corrected chi connectivity index (χ1v) is 6.99. The van der Waals surface area contributed by atoms with Crippen LogP contribution in [0.5, 0.6) is 0 Å². The fourth-order valence-electron chi connectivity index (χ4n) is 1.63. The van der Waals surface area contributed by atoms with Gasteiger partial charge in [-0.25, -0.2) is 9.97 Å². The number of thioether (sulfide) groups is 1. The van der Waals surface area contributed by atoms with Crippen molar-refractivity contribution < 1.29 is 0 Å². The second-order valence-corrected chi connectivity index (χ2v) is 4.85. The summed E-state index contributed by atoms with van der Waals surface area (Å²) >= 11 is 1.81. The molecule has 0 N–H and O–H groups in total. The number of anilines is 1. The minimum absolute atomic E-state index is 0.401. The molecule has 1 rings (SSSR count). The molecule has 1 heterocycles. The fraction of sp³-hybridized carbons (Fsp3) is 0.583. The Hall–Kier alpha value is -1.28. The molecular formula is C12H18N4S. The third-order valence-electron chi connectivity index (χ3n) is 2.65. The van der Waals surface area contributed by atoms with Crippen LogP contribution in [0.25, 0.3) is 0 Å². The molecule has 17 heavy (non-hydrogen) atoms. The van der Waals surface area contributed by atoms with Gasteiger partial charge in [-0.1, -0.05) is 6.92 Å². The molecule has 5 heteroatoms. The third-order valence-corrected chi connectivity index (χ3v) is 3.37. The lowest BCUT2D eigenvalue weighted by Gasteiger charge is -2.26. The minimum Gasteiger partial charge on any atom is -0.340 e. The van der Waals surface area contributed by atoms with E-state index in [2.05, 4.69) is 34.1 Å². The lowest BCUT2D eigenvalue weighted by Crippen LogP contribution is -2.34. The molecule has 0 spiro atoms. The fourth-order valence-corrected chi connectivity index (χ4v) is 2.47. The second-order valence-electron chi connectivity index (χ2n) is 3.93. The van der Waals surface area contributed by atoms with Crippen molar-refractivity contribution in [2.45, 2.75) is 26.3 Å². The van der Waals surface area contributed by atoms with Gasteiger partial charge in [0, 0.05) is 24.5 Å². The first kappa shape index (κ1) is 13.8. The van der Waals surface area contributed by atoms with E-state index in [9.17, 15) is 0 Å². The highest BCUT2D eigenvalue weighted by Crippen LogP contribution is 2.15. The van der Waals surface area contributed by atoms with Crippen molar-refractivity contribution in [1.82, 2.24) is 9.97 Å². The molecule has 1 atom stereocenters. The van der Waals surface area contributed by atoms with E-state index >= 15 is 0 Å². The van der Waals surface area contributed by atoms with Crippen molar-refractivity contribution in [3.8, 4) is 6.07 Å². The average Bonchev–Trinajstić information content (AvgIpc) is 2.34. The van der Waals surface area contributed by atoms with Crippen LogP contribution in [0.2, 0.25) is 0 Å². The summed E-state index contributed by atoms with van der Waals surface area (Å²) in [5.41, 5.74) is 1.26. The van der Waals surface area contributed by atoms with E-state index in [-0.39, 0.29) is 0 Å². The van der Waals surface area contributed by atoms with E-state index < -0.39 is 0 Å². The van der Waals surface area contributed by atoms with Gasteiger partial charge in [0.15, 0.2) is 0 Å². The Bertz CT molecular complexity index is 413. The third kappa shape index (κ3) is 3.60. The van der Waals surface area contributed by atoms with Gasteiger partial charge in [0.1, 0.15) is 11.8 Å². The van der Waals surface area contributed by atoms with Crippen LogP contribution in [0.4, 0.5) is 5.95 Å². The molecule has 0 saturated heterocycles. The zero-order chi connectivity index (χ0) is 12.8. The Labute approximate surface area is 107 Å². The van der Waals surface area contributed by atoms with Crippen molar-refractivity contribution in [3.05, 3.63) is 17.5 Å². The van der Waals surface area contributed by atoms with Gasteiger partial charge in [0.2, 0.25) is 5.95 Å². The van der Waals surface area contributed by atoms with Crippen LogP contribution in [-0.2, 0) is 0 Å². The topological polar surface area (TPSA) is 52.8 Å². The average molecular weight is 250 g/mol. The highest BCUT2D eigenvalue weighted by molar-refractivity contribution is 7.98. The molecule has 0 aliphatic rings. The first-order valence-electron chi connectivity index (χ1n) is 5.59. The number of hydrogen-bond donors (Lipinski definition) is 0. The first-order chi connectivity index (χ1) is 8.12. The molecule has 0 bridgehead atoms. The largest absolute Gasteiger partial charge is 0.340 e. The predicted octanol–water partition coefficient (Wildman–Crippen LogP) is 2.23. The molecule has 0 aliphatic heterocycles. The zero-order valence-corrected chi connectivity index (χ0v) is 11.6. The molecule has 0 fully saturated rings. The maximum absolute atomic E-state index is 8.90. The Balaban J connectivity index is 2.98. The van der Waals surface area contributed by atoms with Gasteiger partial charge in [-0.2, -0.15) is 17.0 Å². The molecule has 0 aliphatic carbocycles. The number of rotatable bonds is 5. The van der Waals surface area contributed by atoms with E-state index in [1.165, 1.54) is 0 Å². The molecule has 92 valence electrons. The number of nitrogens with zero attached hydrogens (tertiary/aromatic N) is 4. The van der Waals surface area contributed by atoms with Crippen LogP contribution in [0.3, 0.4) is 0 Å². The smallest absolute Gasteiger partial charge is 0.226 e. The minimum atomic E-state index is 0.401. The summed E-state index contributed by atoms with van der Waals surface area (Å²) in [7, 11) is 1.99. The Kier molecular flexibility index (Phi) is 5.23. The lowest BCUT2D eigenvalue weighted by molar-refractivity contribution is 0.655. The normalized spacial score (nSPS) is 11.9. The van der Waals surface area contributed by atoms with Crippen molar-refractivity contribution in [2.75, 3.05) is 24.0 Å². The van der Waals surface area contributed by atoms with Crippen LogP contribution in [0.1, 0.15) is 24.7 Å². The van der Waals surface area contributed by atoms with Crippen molar-refractivity contribution in [3.63, 3.8) is 0 Å². The molecule has 0 amide bonds. The monoisotopic (exact) mass is 250 g/mol. The highest BCUT2D eigenvalue weighted by Gasteiger charge is 2.16. The SMILES string of the molecule is CCC(CSC)N(C)c1nc(C)cc(C#N)n1. The summed E-state index contributed by atoms with van der Waals surface area (Å²) in [6, 6.07) is 4.17. The van der Waals surface area contributed by atoms with Crippen LogP contribution in [0, 0.1) is 18.3 Å². The van der Waals surface area contributed by atoms with E-state index in [1.54, 1.807) is 6.07 Å². The maximum atomic E-state index is 8.90. The van der Waals surface area contributed by atoms with Gasteiger partial charge >= 0.3 is 0 Å². The van der Waals surface area contributed by atoms with Crippen molar-refractivity contribution in [2.24, 2.45) is 0 Å². The van der Waals surface area contributed by atoms with Crippen LogP contribution >= 0.6 is 11.8 Å². The Morgan fingerprint density at radius 2 is 2.24 bits per heavy atom. The summed E-state index contributed by atoms with van der Waals surface area (Å²) in [6.07, 6.45) is 3.13. The standard InChI is InChI=1S/C12H18N4S/c1-5-11(8-17-4)16(3)12-14-9(2)6-10(7-13)15-12/h6,11H,5,8H2,1-4H3. The lowest BCUT2D eigenvalue weighted by atomic mass is 10.2. The van der Waals surface area contributed by atoms with Crippen molar-refractivity contribution in [1.29, 1.82) is 5.26 Å². The molecule has 0 saturated carbocycles. The van der Waals surface area contributed by atoms with Crippen LogP contribution in [-0.4, -0.2) is 35.1 Å². The molecule has 4 nitrogen and oxygen atoms in total. The van der Waals surface area contributed by atoms with Crippen LogP contribution < -0.4 is 4.90 Å². The maximum Gasteiger partial charge on any atom is 0.226 e. The van der Waals surface area contributed by atoms with Gasteiger partial charge in [0.05, 0.1) is 0 Å². The Morgan fingerprint density at radius 3 is 2.76 bits per heavy atom. The summed E-state index contributed by atoms with van der Waals surface area (Å²) in [5, 5.41) is 8.90. The number of aromatic nitrogens is 2. The summed E-state index contributed by atoms with van der Waals surface area (Å²) in [4.78, 5) is 10.7. The number of aryl methyl sites for hydroxylation is 1. The quantitative estimate of drug-likeness (QED) is 0.802. The van der Waals surface area contributed by atoms with E-state index in [1.807, 2.05) is 25.7 Å². The van der Waals surface area contributed by atoms with Gasteiger partial charge in [-0.05, 0) is 25.7 Å². The summed E-state index contributed by atoms with van der Waals surface area (Å²) < 4.78 is 0. The van der Waals surface area contributed by atoms with Gasteiger partial charge in [0.25, 0.3) is 0 Å². The van der Waals surface area contributed by atoms with Crippen LogP contribution in [0.15, 0.2) is 6.07 Å². The highest BCUT2D eigenvalue weighted by atomic mass is 32.2. The predicted molar refractivity (Wildman–Crippen MR) is 72.3 cm³/mol. The van der Waals surface area contributed by atoms with Gasteiger partial charge < -0.3 is 4.90 Å². The van der Waals surface area contributed by atoms with E-state index in [4.69, 9.17) is 5.26 Å². The molecule has 1 aromatic heterocycles. The van der Waals surface area contributed by atoms with E-state index in [0.717, 1.165) is 17.9 Å². The zero-order valence-electron chi connectivity index (χ0n) is 10.8. The summed E-state index contributed by atoms with van der Waals surface area (Å²) in [5.74, 6) is 1.68. The summed E-state index contributed by atoms with van der Waals surface area (Å²) in [6.45, 7) is 4.04. The van der Waals surface area contributed by atoms with Gasteiger partial charge in [-0.3, -0.25) is 0 Å². The second kappa shape index (κ2) is 6.45. The van der Waals surface area contributed by atoms with E-state index in [0.29, 0.717) is 17.7 Å². The number of nitriles is 1. The molecule has 1 aromatic rings. The molecule has 0 radical (unpaired) electrons. The Morgan fingerprint density at radius 1 is 1.53 bits per heavy atom.